The minimum atomic E-state index is -1.01. The molecule has 0 aliphatic carbocycles. The number of nitrogens with one attached hydrogen (secondary N) is 1. The summed E-state index contributed by atoms with van der Waals surface area (Å²) in [6.07, 6.45) is 2.50. The molecule has 0 radical (unpaired) electrons. The lowest BCUT2D eigenvalue weighted by Gasteiger charge is -2.14. The third-order valence-corrected chi connectivity index (χ3v) is 3.03. The first-order valence-corrected chi connectivity index (χ1v) is 6.36. The Labute approximate surface area is 112 Å². The molecule has 1 aromatic rings. The van der Waals surface area contributed by atoms with Gasteiger partial charge in [0.15, 0.2) is 0 Å². The van der Waals surface area contributed by atoms with Crippen molar-refractivity contribution in [2.45, 2.75) is 39.2 Å². The Bertz CT molecular complexity index is 472. The molecule has 0 unspecified atom stereocenters. The van der Waals surface area contributed by atoms with Crippen LogP contribution in [0.3, 0.4) is 0 Å². The number of carbonyl (C=O) groups is 2. The normalized spacial score (nSPS) is 11.9. The summed E-state index contributed by atoms with van der Waals surface area (Å²) in [5.74, 6) is -1.29. The van der Waals surface area contributed by atoms with Crippen LogP contribution in [0, 0.1) is 6.92 Å². The van der Waals surface area contributed by atoms with Gasteiger partial charge in [-0.2, -0.15) is 0 Å². The highest BCUT2D eigenvalue weighted by atomic mass is 16.4. The number of hydrogen-bond donors (Lipinski definition) is 3. The summed E-state index contributed by atoms with van der Waals surface area (Å²) < 4.78 is 0. The van der Waals surface area contributed by atoms with Crippen LogP contribution < -0.4 is 11.1 Å². The number of carbonyl (C=O) groups excluding carboxylic acids is 1. The Balaban J connectivity index is 2.80. The SMILES string of the molecule is CCCC[C@H](N)C(=O)Nc1cccc(C(=O)O)c1C. The summed E-state index contributed by atoms with van der Waals surface area (Å²) in [4.78, 5) is 22.9. The number of hydrogen-bond acceptors (Lipinski definition) is 3. The molecule has 5 heteroatoms. The first-order chi connectivity index (χ1) is 8.97. The van der Waals surface area contributed by atoms with Crippen LogP contribution in [0.15, 0.2) is 18.2 Å². The van der Waals surface area contributed by atoms with Crippen molar-refractivity contribution in [2.75, 3.05) is 5.32 Å². The smallest absolute Gasteiger partial charge is 0.336 e. The van der Waals surface area contributed by atoms with Crippen LogP contribution in [-0.2, 0) is 4.79 Å². The maximum atomic E-state index is 11.9. The molecule has 5 nitrogen and oxygen atoms in total. The Kier molecular flexibility index (Phi) is 5.51. The molecule has 0 saturated heterocycles. The van der Waals surface area contributed by atoms with Crippen LogP contribution in [0.1, 0.15) is 42.1 Å². The molecule has 4 N–H and O–H groups in total. The number of carboxylic acid groups (broad SMARTS) is 1. The minimum absolute atomic E-state index is 0.180. The summed E-state index contributed by atoms with van der Waals surface area (Å²) in [6, 6.07) is 4.22. The Morgan fingerprint density at radius 2 is 2.11 bits per heavy atom. The van der Waals surface area contributed by atoms with Gasteiger partial charge in [0.25, 0.3) is 0 Å². The number of nitrogens with two attached hydrogens (primary N) is 1. The fourth-order valence-electron chi connectivity index (χ4n) is 1.78. The second-order valence-electron chi connectivity index (χ2n) is 4.52. The first kappa shape index (κ1) is 15.2. The van der Waals surface area contributed by atoms with Gasteiger partial charge in [-0.1, -0.05) is 25.8 Å². The number of anilines is 1. The quantitative estimate of drug-likeness (QED) is 0.734. The van der Waals surface area contributed by atoms with E-state index in [1.165, 1.54) is 6.07 Å². The fourth-order valence-corrected chi connectivity index (χ4v) is 1.78. The lowest BCUT2D eigenvalue weighted by atomic mass is 10.1. The molecule has 104 valence electrons. The van der Waals surface area contributed by atoms with Crippen molar-refractivity contribution >= 4 is 17.6 Å². The van der Waals surface area contributed by atoms with Crippen LogP contribution in [-0.4, -0.2) is 23.0 Å². The summed E-state index contributed by atoms with van der Waals surface area (Å²) in [7, 11) is 0. The van der Waals surface area contributed by atoms with E-state index in [4.69, 9.17) is 10.8 Å². The molecule has 0 heterocycles. The second kappa shape index (κ2) is 6.89. The molecule has 0 fully saturated rings. The van der Waals surface area contributed by atoms with Crippen molar-refractivity contribution in [1.82, 2.24) is 0 Å². The molecule has 0 spiro atoms. The first-order valence-electron chi connectivity index (χ1n) is 6.36. The lowest BCUT2D eigenvalue weighted by Crippen LogP contribution is -2.35. The highest BCUT2D eigenvalue weighted by Crippen LogP contribution is 2.19. The largest absolute Gasteiger partial charge is 0.478 e. The number of aromatic carboxylic acids is 1. The molecule has 0 saturated carbocycles. The van der Waals surface area contributed by atoms with E-state index in [1.807, 2.05) is 6.92 Å². The van der Waals surface area contributed by atoms with Gasteiger partial charge in [-0.25, -0.2) is 4.79 Å². The predicted octanol–water partition coefficient (Wildman–Crippen LogP) is 2.15. The average molecular weight is 264 g/mol. The third-order valence-electron chi connectivity index (χ3n) is 3.03. The van der Waals surface area contributed by atoms with E-state index in [9.17, 15) is 9.59 Å². The standard InChI is InChI=1S/C14H20N2O3/c1-3-4-7-11(15)13(17)16-12-8-5-6-10(9(12)2)14(18)19/h5-6,8,11H,3-4,7,15H2,1-2H3,(H,16,17)(H,18,19)/t11-/m0/s1. The fraction of sp³-hybridized carbons (Fsp3) is 0.429. The zero-order chi connectivity index (χ0) is 14.4. The van der Waals surface area contributed by atoms with Crippen LogP contribution in [0.5, 0.6) is 0 Å². The Morgan fingerprint density at radius 1 is 1.42 bits per heavy atom. The molecule has 0 bridgehead atoms. The summed E-state index contributed by atoms with van der Waals surface area (Å²) in [6.45, 7) is 3.70. The van der Waals surface area contributed by atoms with E-state index < -0.39 is 12.0 Å². The molecule has 0 aromatic heterocycles. The highest BCUT2D eigenvalue weighted by Gasteiger charge is 2.16. The van der Waals surface area contributed by atoms with Gasteiger partial charge in [0.2, 0.25) is 5.91 Å². The van der Waals surface area contributed by atoms with Crippen LogP contribution in [0.2, 0.25) is 0 Å². The van der Waals surface area contributed by atoms with Gasteiger partial charge in [-0.15, -0.1) is 0 Å². The van der Waals surface area contributed by atoms with E-state index in [-0.39, 0.29) is 11.5 Å². The summed E-state index contributed by atoms with van der Waals surface area (Å²) >= 11 is 0. The van der Waals surface area contributed by atoms with Crippen molar-refractivity contribution < 1.29 is 14.7 Å². The van der Waals surface area contributed by atoms with E-state index >= 15 is 0 Å². The van der Waals surface area contributed by atoms with Crippen LogP contribution in [0.25, 0.3) is 0 Å². The van der Waals surface area contributed by atoms with Crippen molar-refractivity contribution in [3.63, 3.8) is 0 Å². The Morgan fingerprint density at radius 3 is 2.68 bits per heavy atom. The number of amides is 1. The molecule has 1 amide bonds. The molecule has 1 aromatic carbocycles. The molecular formula is C14H20N2O3. The van der Waals surface area contributed by atoms with Gasteiger partial charge >= 0.3 is 5.97 Å². The average Bonchev–Trinajstić information content (AvgIpc) is 2.37. The van der Waals surface area contributed by atoms with E-state index in [0.717, 1.165) is 12.8 Å². The summed E-state index contributed by atoms with van der Waals surface area (Å²) in [5.41, 5.74) is 6.98. The van der Waals surface area contributed by atoms with Gasteiger partial charge in [-0.05, 0) is 31.0 Å². The van der Waals surface area contributed by atoms with Gasteiger partial charge in [-0.3, -0.25) is 4.79 Å². The monoisotopic (exact) mass is 264 g/mol. The van der Waals surface area contributed by atoms with Crippen molar-refractivity contribution in [3.8, 4) is 0 Å². The van der Waals surface area contributed by atoms with Crippen molar-refractivity contribution in [2.24, 2.45) is 5.73 Å². The number of carboxylic acids is 1. The van der Waals surface area contributed by atoms with Gasteiger partial charge in [0.05, 0.1) is 11.6 Å². The number of unbranched alkanes of at least 4 members (excludes halogenated alkanes) is 1. The van der Waals surface area contributed by atoms with Crippen LogP contribution >= 0.6 is 0 Å². The number of rotatable bonds is 6. The molecule has 0 aliphatic rings. The predicted molar refractivity (Wildman–Crippen MR) is 74.3 cm³/mol. The number of benzene rings is 1. The molecule has 1 rings (SSSR count). The summed E-state index contributed by atoms with van der Waals surface area (Å²) in [5, 5.41) is 11.7. The second-order valence-corrected chi connectivity index (χ2v) is 4.52. The Hall–Kier alpha value is -1.88. The maximum Gasteiger partial charge on any atom is 0.336 e. The third kappa shape index (κ3) is 4.06. The zero-order valence-corrected chi connectivity index (χ0v) is 11.3. The van der Waals surface area contributed by atoms with Crippen molar-refractivity contribution in [1.29, 1.82) is 0 Å². The lowest BCUT2D eigenvalue weighted by molar-refractivity contribution is -0.117. The topological polar surface area (TPSA) is 92.4 Å². The van der Waals surface area contributed by atoms with Gasteiger partial charge < -0.3 is 16.2 Å². The van der Waals surface area contributed by atoms with E-state index in [2.05, 4.69) is 5.32 Å². The van der Waals surface area contributed by atoms with Crippen molar-refractivity contribution in [3.05, 3.63) is 29.3 Å². The molecule has 0 aliphatic heterocycles. The van der Waals surface area contributed by atoms with Gasteiger partial charge in [0, 0.05) is 5.69 Å². The molecule has 1 atom stereocenters. The van der Waals surface area contributed by atoms with Crippen LogP contribution in [0.4, 0.5) is 5.69 Å². The maximum absolute atomic E-state index is 11.9. The van der Waals surface area contributed by atoms with E-state index in [0.29, 0.717) is 17.7 Å². The molecular weight excluding hydrogens is 244 g/mol. The van der Waals surface area contributed by atoms with E-state index in [1.54, 1.807) is 19.1 Å². The zero-order valence-electron chi connectivity index (χ0n) is 11.3. The minimum Gasteiger partial charge on any atom is -0.478 e. The highest BCUT2D eigenvalue weighted by molar-refractivity contribution is 5.98. The van der Waals surface area contributed by atoms with Gasteiger partial charge in [0.1, 0.15) is 0 Å². The molecule has 19 heavy (non-hydrogen) atoms.